The average Bonchev–Trinajstić information content (AvgIpc) is 2.44. The average molecular weight is 278 g/mol. The Morgan fingerprint density at radius 1 is 1.50 bits per heavy atom. The van der Waals surface area contributed by atoms with Crippen molar-refractivity contribution < 1.29 is 19.4 Å². The quantitative estimate of drug-likeness (QED) is 0.748. The van der Waals surface area contributed by atoms with Crippen LogP contribution in [0.15, 0.2) is 18.2 Å². The Labute approximate surface area is 117 Å². The number of rotatable bonds is 5. The van der Waals surface area contributed by atoms with Crippen LogP contribution in [-0.2, 0) is 16.0 Å². The molecule has 6 heteroatoms. The highest BCUT2D eigenvalue weighted by Gasteiger charge is 2.32. The second kappa shape index (κ2) is 5.50. The minimum atomic E-state index is -1.13. The van der Waals surface area contributed by atoms with Crippen molar-refractivity contribution in [2.45, 2.75) is 25.3 Å². The first kappa shape index (κ1) is 14.3. The molecule has 0 aliphatic carbocycles. The Bertz CT molecular complexity index is 544. The molecule has 0 aromatic heterocycles. The molecule has 1 heterocycles. The van der Waals surface area contributed by atoms with Crippen LogP contribution >= 0.6 is 0 Å². The maximum absolute atomic E-state index is 11.3. The van der Waals surface area contributed by atoms with Crippen LogP contribution in [0.4, 0.5) is 5.69 Å². The lowest BCUT2D eigenvalue weighted by Crippen LogP contribution is -2.52. The summed E-state index contributed by atoms with van der Waals surface area (Å²) in [5.41, 5.74) is 0.663. The number of fused-ring (bicyclic) bond motifs is 1. The zero-order valence-corrected chi connectivity index (χ0v) is 11.5. The number of carboxylic acid groups (broad SMARTS) is 1. The van der Waals surface area contributed by atoms with E-state index in [0.717, 1.165) is 11.3 Å². The Balaban J connectivity index is 2.08. The third-order valence-electron chi connectivity index (χ3n) is 3.52. The second-order valence-electron chi connectivity index (χ2n) is 5.04. The van der Waals surface area contributed by atoms with Gasteiger partial charge in [-0.3, -0.25) is 9.59 Å². The van der Waals surface area contributed by atoms with Crippen molar-refractivity contribution in [2.24, 2.45) is 0 Å². The fraction of sp³-hybridized carbons (Fsp3) is 0.429. The van der Waals surface area contributed by atoms with Gasteiger partial charge in [-0.25, -0.2) is 0 Å². The van der Waals surface area contributed by atoms with Gasteiger partial charge >= 0.3 is 5.97 Å². The van der Waals surface area contributed by atoms with Crippen LogP contribution in [0.1, 0.15) is 18.9 Å². The molecule has 1 unspecified atom stereocenters. The molecule has 108 valence electrons. The van der Waals surface area contributed by atoms with Crippen molar-refractivity contribution in [3.05, 3.63) is 23.8 Å². The number of ether oxygens (including phenoxy) is 1. The van der Waals surface area contributed by atoms with E-state index in [-0.39, 0.29) is 12.5 Å². The second-order valence-corrected chi connectivity index (χ2v) is 5.04. The first-order chi connectivity index (χ1) is 9.44. The minimum Gasteiger partial charge on any atom is -0.491 e. The molecule has 1 atom stereocenters. The summed E-state index contributed by atoms with van der Waals surface area (Å²) in [6, 6.07) is 5.34. The van der Waals surface area contributed by atoms with E-state index in [4.69, 9.17) is 9.84 Å². The number of hydrogen-bond donors (Lipinski definition) is 3. The third kappa shape index (κ3) is 2.91. The predicted molar refractivity (Wildman–Crippen MR) is 74.0 cm³/mol. The van der Waals surface area contributed by atoms with Gasteiger partial charge in [-0.15, -0.1) is 0 Å². The molecule has 0 spiro atoms. The van der Waals surface area contributed by atoms with Crippen molar-refractivity contribution in [3.8, 4) is 5.75 Å². The smallest absolute Gasteiger partial charge is 0.327 e. The maximum atomic E-state index is 11.3. The normalized spacial score (nSPS) is 16.8. The van der Waals surface area contributed by atoms with Gasteiger partial charge in [0.05, 0.1) is 0 Å². The lowest BCUT2D eigenvalue weighted by atomic mass is 10.0. The molecular formula is C14H18N2O4. The number of benzene rings is 1. The summed E-state index contributed by atoms with van der Waals surface area (Å²) in [5, 5.41) is 14.7. The standard InChI is InChI=1S/C14H18N2O4/c1-14(15-2,13(18)19)8-20-10-4-5-11-9(7-10)3-6-12(17)16-11/h4-5,7,15H,3,6,8H2,1-2H3,(H,16,17)(H,18,19). The molecule has 0 saturated carbocycles. The number of nitrogens with one attached hydrogen (secondary N) is 2. The first-order valence-electron chi connectivity index (χ1n) is 6.42. The molecule has 0 bridgehead atoms. The number of aliphatic carboxylic acids is 1. The lowest BCUT2D eigenvalue weighted by Gasteiger charge is -2.24. The van der Waals surface area contributed by atoms with Gasteiger partial charge < -0.3 is 20.5 Å². The summed E-state index contributed by atoms with van der Waals surface area (Å²) in [7, 11) is 1.58. The molecule has 2 rings (SSSR count). The number of hydrogen-bond acceptors (Lipinski definition) is 4. The summed E-state index contributed by atoms with van der Waals surface area (Å²) < 4.78 is 5.56. The zero-order chi connectivity index (χ0) is 14.8. The van der Waals surface area contributed by atoms with Crippen LogP contribution in [0.2, 0.25) is 0 Å². The molecule has 1 amide bonds. The van der Waals surface area contributed by atoms with Gasteiger partial charge in [-0.05, 0) is 44.2 Å². The highest BCUT2D eigenvalue weighted by Crippen LogP contribution is 2.27. The van der Waals surface area contributed by atoms with Gasteiger partial charge in [-0.2, -0.15) is 0 Å². The van der Waals surface area contributed by atoms with Gasteiger partial charge in [0.15, 0.2) is 0 Å². The molecule has 20 heavy (non-hydrogen) atoms. The van der Waals surface area contributed by atoms with Gasteiger partial charge in [0, 0.05) is 12.1 Å². The minimum absolute atomic E-state index is 0.0137. The molecule has 0 saturated heterocycles. The Morgan fingerprint density at radius 3 is 2.90 bits per heavy atom. The van der Waals surface area contributed by atoms with Crippen LogP contribution in [0.5, 0.6) is 5.75 Å². The third-order valence-corrected chi connectivity index (χ3v) is 3.52. The molecule has 0 fully saturated rings. The predicted octanol–water partition coefficient (Wildman–Crippen LogP) is 1.01. The van der Waals surface area contributed by atoms with E-state index >= 15 is 0 Å². The lowest BCUT2D eigenvalue weighted by molar-refractivity contribution is -0.145. The summed E-state index contributed by atoms with van der Waals surface area (Å²) in [6.07, 6.45) is 1.13. The van der Waals surface area contributed by atoms with Crippen molar-refractivity contribution in [1.82, 2.24) is 5.32 Å². The largest absolute Gasteiger partial charge is 0.491 e. The number of likely N-dealkylation sites (N-methyl/N-ethyl adjacent to an activating group) is 1. The molecule has 3 N–H and O–H groups in total. The van der Waals surface area contributed by atoms with Crippen LogP contribution in [0.25, 0.3) is 0 Å². The molecule has 1 aromatic carbocycles. The van der Waals surface area contributed by atoms with Crippen LogP contribution in [0.3, 0.4) is 0 Å². The number of carbonyl (C=O) groups is 2. The fourth-order valence-electron chi connectivity index (χ4n) is 1.92. The molecular weight excluding hydrogens is 260 g/mol. The Morgan fingerprint density at radius 2 is 2.25 bits per heavy atom. The number of amides is 1. The number of carbonyl (C=O) groups excluding carboxylic acids is 1. The number of carboxylic acids is 1. The molecule has 6 nitrogen and oxygen atoms in total. The van der Waals surface area contributed by atoms with Crippen molar-refractivity contribution in [1.29, 1.82) is 0 Å². The summed E-state index contributed by atoms with van der Waals surface area (Å²) >= 11 is 0. The van der Waals surface area contributed by atoms with E-state index in [2.05, 4.69) is 10.6 Å². The first-order valence-corrected chi connectivity index (χ1v) is 6.42. The Kier molecular flexibility index (Phi) is 3.94. The van der Waals surface area contributed by atoms with E-state index in [1.807, 2.05) is 6.07 Å². The number of aryl methyl sites for hydroxylation is 1. The van der Waals surface area contributed by atoms with Crippen molar-refractivity contribution in [2.75, 3.05) is 19.0 Å². The van der Waals surface area contributed by atoms with Crippen LogP contribution < -0.4 is 15.4 Å². The van der Waals surface area contributed by atoms with E-state index in [1.54, 1.807) is 26.1 Å². The van der Waals surface area contributed by atoms with Gasteiger partial charge in [-0.1, -0.05) is 0 Å². The highest BCUT2D eigenvalue weighted by atomic mass is 16.5. The molecule has 1 aliphatic rings. The van der Waals surface area contributed by atoms with E-state index in [1.165, 1.54) is 0 Å². The van der Waals surface area contributed by atoms with Gasteiger partial charge in [0.2, 0.25) is 5.91 Å². The molecule has 1 aliphatic heterocycles. The molecule has 1 aromatic rings. The summed E-state index contributed by atoms with van der Waals surface area (Å²) in [4.78, 5) is 22.4. The van der Waals surface area contributed by atoms with Crippen molar-refractivity contribution in [3.63, 3.8) is 0 Å². The van der Waals surface area contributed by atoms with Crippen LogP contribution in [0, 0.1) is 0 Å². The topological polar surface area (TPSA) is 87.7 Å². The highest BCUT2D eigenvalue weighted by molar-refractivity contribution is 5.94. The van der Waals surface area contributed by atoms with E-state index in [0.29, 0.717) is 18.6 Å². The summed E-state index contributed by atoms with van der Waals surface area (Å²) in [6.45, 7) is 1.58. The van der Waals surface area contributed by atoms with Gasteiger partial charge in [0.1, 0.15) is 17.9 Å². The Hall–Kier alpha value is -2.08. The van der Waals surface area contributed by atoms with Gasteiger partial charge in [0.25, 0.3) is 0 Å². The number of anilines is 1. The van der Waals surface area contributed by atoms with E-state index in [9.17, 15) is 9.59 Å². The zero-order valence-electron chi connectivity index (χ0n) is 11.5. The molecule has 0 radical (unpaired) electrons. The van der Waals surface area contributed by atoms with E-state index < -0.39 is 11.5 Å². The monoisotopic (exact) mass is 278 g/mol. The maximum Gasteiger partial charge on any atom is 0.327 e. The van der Waals surface area contributed by atoms with Crippen molar-refractivity contribution >= 4 is 17.6 Å². The SMILES string of the molecule is CNC(C)(COc1ccc2c(c1)CCC(=O)N2)C(=O)O. The van der Waals surface area contributed by atoms with Crippen LogP contribution in [-0.4, -0.2) is 36.2 Å². The fourth-order valence-corrected chi connectivity index (χ4v) is 1.92. The summed E-state index contributed by atoms with van der Waals surface area (Å²) in [5.74, 6) is -0.354.